The van der Waals surface area contributed by atoms with Crippen LogP contribution in [0.3, 0.4) is 0 Å². The second-order valence-corrected chi connectivity index (χ2v) is 4.04. The summed E-state index contributed by atoms with van der Waals surface area (Å²) in [5, 5.41) is 5.02. The molecule has 0 radical (unpaired) electrons. The van der Waals surface area contributed by atoms with Crippen LogP contribution in [0.1, 0.15) is 11.3 Å². The number of benzene rings is 1. The molecular formula is C15H12N2O2. The molecule has 0 atom stereocenters. The molecule has 0 aliphatic rings. The van der Waals surface area contributed by atoms with E-state index < -0.39 is 0 Å². The Hall–Kier alpha value is -2.62. The van der Waals surface area contributed by atoms with Crippen LogP contribution in [-0.2, 0) is 0 Å². The van der Waals surface area contributed by atoms with Gasteiger partial charge in [0, 0.05) is 23.8 Å². The smallest absolute Gasteiger partial charge is 0.171 e. The van der Waals surface area contributed by atoms with Gasteiger partial charge in [0.15, 0.2) is 5.58 Å². The molecule has 3 aromatic rings. The molecule has 0 saturated heterocycles. The Morgan fingerprint density at radius 3 is 2.74 bits per heavy atom. The fourth-order valence-electron chi connectivity index (χ4n) is 1.83. The first-order chi connectivity index (χ1) is 9.36. The molecule has 94 valence electrons. The van der Waals surface area contributed by atoms with Gasteiger partial charge in [-0.3, -0.25) is 4.98 Å². The summed E-state index contributed by atoms with van der Waals surface area (Å²) in [6, 6.07) is 9.52. The lowest BCUT2D eigenvalue weighted by atomic mass is 10.1. The Morgan fingerprint density at radius 1 is 1.11 bits per heavy atom. The van der Waals surface area contributed by atoms with E-state index in [1.54, 1.807) is 19.5 Å². The van der Waals surface area contributed by atoms with Gasteiger partial charge in [0.05, 0.1) is 7.11 Å². The van der Waals surface area contributed by atoms with Crippen LogP contribution in [0.15, 0.2) is 47.2 Å². The lowest BCUT2D eigenvalue weighted by Crippen LogP contribution is -1.80. The number of methoxy groups -OCH3 is 1. The van der Waals surface area contributed by atoms with E-state index in [-0.39, 0.29) is 0 Å². The molecule has 0 amide bonds. The quantitative estimate of drug-likeness (QED) is 0.716. The van der Waals surface area contributed by atoms with Crippen LogP contribution in [0.2, 0.25) is 0 Å². The van der Waals surface area contributed by atoms with Crippen molar-refractivity contribution in [3.05, 3.63) is 54.0 Å². The van der Waals surface area contributed by atoms with Gasteiger partial charge in [0.25, 0.3) is 0 Å². The molecule has 2 heterocycles. The minimum atomic E-state index is 0.716. The van der Waals surface area contributed by atoms with E-state index in [0.717, 1.165) is 22.4 Å². The van der Waals surface area contributed by atoms with Gasteiger partial charge in [-0.05, 0) is 35.9 Å². The zero-order valence-corrected chi connectivity index (χ0v) is 10.4. The number of hydrogen-bond acceptors (Lipinski definition) is 4. The molecule has 0 saturated carbocycles. The molecule has 0 N–H and O–H groups in total. The van der Waals surface area contributed by atoms with Gasteiger partial charge >= 0.3 is 0 Å². The highest BCUT2D eigenvalue weighted by atomic mass is 16.5. The van der Waals surface area contributed by atoms with E-state index >= 15 is 0 Å². The van der Waals surface area contributed by atoms with Crippen molar-refractivity contribution in [3.63, 3.8) is 0 Å². The predicted molar refractivity (Wildman–Crippen MR) is 73.7 cm³/mol. The first kappa shape index (κ1) is 11.5. The fraction of sp³-hybridized carbons (Fsp3) is 0.0667. The molecule has 4 heteroatoms. The van der Waals surface area contributed by atoms with Crippen molar-refractivity contribution >= 4 is 23.1 Å². The maximum absolute atomic E-state index is 5.29. The topological polar surface area (TPSA) is 48.2 Å². The lowest BCUT2D eigenvalue weighted by Gasteiger charge is -1.96. The van der Waals surface area contributed by atoms with E-state index in [9.17, 15) is 0 Å². The Labute approximate surface area is 110 Å². The molecule has 1 aromatic carbocycles. The predicted octanol–water partition coefficient (Wildman–Crippen LogP) is 3.40. The third-order valence-corrected chi connectivity index (χ3v) is 2.85. The molecular weight excluding hydrogens is 240 g/mol. The Morgan fingerprint density at radius 2 is 1.95 bits per heavy atom. The monoisotopic (exact) mass is 252 g/mol. The Bertz CT molecular complexity index is 717. The van der Waals surface area contributed by atoms with Crippen LogP contribution < -0.4 is 4.74 Å². The number of aromatic nitrogens is 2. The third kappa shape index (κ3) is 2.33. The summed E-state index contributed by atoms with van der Waals surface area (Å²) in [6.07, 6.45) is 7.41. The maximum Gasteiger partial charge on any atom is 0.171 e. The van der Waals surface area contributed by atoms with E-state index in [0.29, 0.717) is 5.58 Å². The van der Waals surface area contributed by atoms with Gasteiger partial charge in [-0.25, -0.2) is 0 Å². The number of hydrogen-bond donors (Lipinski definition) is 0. The van der Waals surface area contributed by atoms with Gasteiger partial charge in [-0.2, -0.15) is 0 Å². The van der Waals surface area contributed by atoms with E-state index in [4.69, 9.17) is 9.26 Å². The molecule has 2 aromatic heterocycles. The summed E-state index contributed by atoms with van der Waals surface area (Å²) in [5.41, 5.74) is 2.59. The summed E-state index contributed by atoms with van der Waals surface area (Å²) in [5.74, 6) is 0.758. The van der Waals surface area contributed by atoms with Crippen LogP contribution in [0, 0.1) is 0 Å². The number of fused-ring (bicyclic) bond motifs is 1. The number of ether oxygens (including phenoxy) is 1. The van der Waals surface area contributed by atoms with Crippen LogP contribution in [0.25, 0.3) is 23.1 Å². The van der Waals surface area contributed by atoms with Gasteiger partial charge in [0.1, 0.15) is 11.4 Å². The zero-order chi connectivity index (χ0) is 13.1. The maximum atomic E-state index is 5.29. The SMILES string of the molecule is COc1ccc2c(C=Cc3ccncc3)noc2c1. The normalized spacial score (nSPS) is 11.2. The average molecular weight is 252 g/mol. The van der Waals surface area contributed by atoms with Crippen molar-refractivity contribution in [1.29, 1.82) is 0 Å². The highest BCUT2D eigenvalue weighted by Crippen LogP contribution is 2.24. The number of nitrogens with zero attached hydrogens (tertiary/aromatic N) is 2. The van der Waals surface area contributed by atoms with Gasteiger partial charge < -0.3 is 9.26 Å². The zero-order valence-electron chi connectivity index (χ0n) is 10.4. The minimum Gasteiger partial charge on any atom is -0.497 e. The summed E-state index contributed by atoms with van der Waals surface area (Å²) >= 11 is 0. The second kappa shape index (κ2) is 4.94. The number of rotatable bonds is 3. The molecule has 0 unspecified atom stereocenters. The second-order valence-electron chi connectivity index (χ2n) is 4.04. The van der Waals surface area contributed by atoms with Crippen LogP contribution in [-0.4, -0.2) is 17.3 Å². The summed E-state index contributed by atoms with van der Waals surface area (Å²) in [6.45, 7) is 0. The van der Waals surface area contributed by atoms with Gasteiger partial charge in [-0.1, -0.05) is 11.2 Å². The van der Waals surface area contributed by atoms with Crippen LogP contribution >= 0.6 is 0 Å². The van der Waals surface area contributed by atoms with Crippen molar-refractivity contribution in [2.24, 2.45) is 0 Å². The first-order valence-electron chi connectivity index (χ1n) is 5.88. The standard InChI is InChI=1S/C15H12N2O2/c1-18-12-3-4-13-14(17-19-15(13)10-12)5-2-11-6-8-16-9-7-11/h2-10H,1H3. The van der Waals surface area contributed by atoms with E-state index in [1.165, 1.54) is 0 Å². The average Bonchev–Trinajstić information content (AvgIpc) is 2.88. The minimum absolute atomic E-state index is 0.716. The highest BCUT2D eigenvalue weighted by Gasteiger charge is 2.06. The summed E-state index contributed by atoms with van der Waals surface area (Å²) in [7, 11) is 1.63. The van der Waals surface area contributed by atoms with Gasteiger partial charge in [0.2, 0.25) is 0 Å². The Kier molecular flexibility index (Phi) is 2.98. The molecule has 3 rings (SSSR count). The molecule has 4 nitrogen and oxygen atoms in total. The third-order valence-electron chi connectivity index (χ3n) is 2.85. The summed E-state index contributed by atoms with van der Waals surface area (Å²) < 4.78 is 10.4. The highest BCUT2D eigenvalue weighted by molar-refractivity contribution is 5.88. The molecule has 0 aliphatic heterocycles. The molecule has 0 aliphatic carbocycles. The molecule has 0 fully saturated rings. The van der Waals surface area contributed by atoms with Crippen LogP contribution in [0.4, 0.5) is 0 Å². The van der Waals surface area contributed by atoms with Crippen molar-refractivity contribution in [1.82, 2.24) is 10.1 Å². The van der Waals surface area contributed by atoms with Crippen molar-refractivity contribution in [3.8, 4) is 5.75 Å². The van der Waals surface area contributed by atoms with Crippen molar-refractivity contribution in [2.45, 2.75) is 0 Å². The number of pyridine rings is 1. The van der Waals surface area contributed by atoms with Crippen LogP contribution in [0.5, 0.6) is 5.75 Å². The van der Waals surface area contributed by atoms with E-state index in [2.05, 4.69) is 10.1 Å². The van der Waals surface area contributed by atoms with Gasteiger partial charge in [-0.15, -0.1) is 0 Å². The van der Waals surface area contributed by atoms with Crippen molar-refractivity contribution < 1.29 is 9.26 Å². The lowest BCUT2D eigenvalue weighted by molar-refractivity contribution is 0.411. The van der Waals surface area contributed by atoms with E-state index in [1.807, 2.05) is 42.5 Å². The van der Waals surface area contributed by atoms with Crippen molar-refractivity contribution in [2.75, 3.05) is 7.11 Å². The fourth-order valence-corrected chi connectivity index (χ4v) is 1.83. The molecule has 0 spiro atoms. The summed E-state index contributed by atoms with van der Waals surface area (Å²) in [4.78, 5) is 3.98. The molecule has 0 bridgehead atoms. The molecule has 19 heavy (non-hydrogen) atoms. The largest absolute Gasteiger partial charge is 0.497 e. The Balaban J connectivity index is 1.96. The first-order valence-corrected chi connectivity index (χ1v) is 5.88.